The van der Waals surface area contributed by atoms with Gasteiger partial charge in [0.05, 0.1) is 11.9 Å². The number of aromatic nitrogens is 1. The first-order valence-corrected chi connectivity index (χ1v) is 6.33. The van der Waals surface area contributed by atoms with Crippen molar-refractivity contribution >= 4 is 17.3 Å². The fourth-order valence-corrected chi connectivity index (χ4v) is 2.19. The number of nitrogens with two attached hydrogens (primary N) is 1. The Morgan fingerprint density at radius 2 is 1.71 bits per heavy atom. The van der Waals surface area contributed by atoms with E-state index in [1.807, 2.05) is 0 Å². The van der Waals surface area contributed by atoms with Gasteiger partial charge in [-0.2, -0.15) is 13.2 Å². The molecule has 0 radical (unpaired) electrons. The van der Waals surface area contributed by atoms with Crippen LogP contribution in [0.1, 0.15) is 16.8 Å². The van der Waals surface area contributed by atoms with E-state index < -0.39 is 11.9 Å². The molecule has 3 nitrogen and oxygen atoms in total. The van der Waals surface area contributed by atoms with Crippen molar-refractivity contribution in [2.45, 2.75) is 20.0 Å². The second-order valence-electron chi connectivity index (χ2n) is 4.58. The number of hydrogen-bond donors (Lipinski definition) is 1. The predicted octanol–water partition coefficient (Wildman–Crippen LogP) is 4.75. The molecule has 0 aliphatic carbocycles. The summed E-state index contributed by atoms with van der Waals surface area (Å²) in [7, 11) is 0. The minimum absolute atomic E-state index is 0.0248. The quantitative estimate of drug-likeness (QED) is 0.870. The fourth-order valence-electron chi connectivity index (χ4n) is 1.86. The molecule has 0 unspecified atom stereocenters. The van der Waals surface area contributed by atoms with Crippen LogP contribution in [0.4, 0.5) is 18.9 Å². The lowest BCUT2D eigenvalue weighted by Gasteiger charge is -2.15. The van der Waals surface area contributed by atoms with Gasteiger partial charge >= 0.3 is 6.18 Å². The Hall–Kier alpha value is -1.95. The highest BCUT2D eigenvalue weighted by Gasteiger charge is 2.33. The van der Waals surface area contributed by atoms with Crippen LogP contribution in [0.3, 0.4) is 0 Å². The topological polar surface area (TPSA) is 48.1 Å². The van der Waals surface area contributed by atoms with Crippen molar-refractivity contribution in [3.05, 3.63) is 46.2 Å². The van der Waals surface area contributed by atoms with Crippen molar-refractivity contribution in [1.29, 1.82) is 0 Å². The molecule has 1 aromatic carbocycles. The van der Waals surface area contributed by atoms with Crippen molar-refractivity contribution in [2.24, 2.45) is 0 Å². The summed E-state index contributed by atoms with van der Waals surface area (Å²) in [6, 6.07) is 4.10. The van der Waals surface area contributed by atoms with Gasteiger partial charge in [0.15, 0.2) is 5.75 Å². The molecule has 0 amide bonds. The number of pyridine rings is 1. The van der Waals surface area contributed by atoms with E-state index in [2.05, 4.69) is 4.98 Å². The van der Waals surface area contributed by atoms with Gasteiger partial charge in [0, 0.05) is 11.1 Å². The molecule has 7 heteroatoms. The van der Waals surface area contributed by atoms with Crippen LogP contribution >= 0.6 is 11.6 Å². The summed E-state index contributed by atoms with van der Waals surface area (Å²) >= 11 is 5.90. The maximum Gasteiger partial charge on any atom is 0.433 e. The summed E-state index contributed by atoms with van der Waals surface area (Å²) in [5.41, 5.74) is 5.99. The number of benzene rings is 1. The molecule has 0 bridgehead atoms. The van der Waals surface area contributed by atoms with Crippen LogP contribution in [0.5, 0.6) is 11.5 Å². The molecule has 0 saturated carbocycles. The largest absolute Gasteiger partial charge is 0.455 e. The Kier molecular flexibility index (Phi) is 4.00. The minimum Gasteiger partial charge on any atom is -0.455 e. The van der Waals surface area contributed by atoms with E-state index in [0.29, 0.717) is 21.9 Å². The SMILES string of the molecule is Cc1cc(Cl)cc(C)c1Oc1cc(C(F)(F)F)ncc1N. The lowest BCUT2D eigenvalue weighted by Crippen LogP contribution is -2.09. The van der Waals surface area contributed by atoms with Crippen molar-refractivity contribution in [2.75, 3.05) is 5.73 Å². The fraction of sp³-hybridized carbons (Fsp3) is 0.214. The summed E-state index contributed by atoms with van der Waals surface area (Å²) in [5, 5.41) is 0.524. The maximum atomic E-state index is 12.7. The molecule has 0 aliphatic rings. The van der Waals surface area contributed by atoms with Crippen LogP contribution in [-0.4, -0.2) is 4.98 Å². The Labute approximate surface area is 124 Å². The van der Waals surface area contributed by atoms with Gasteiger partial charge < -0.3 is 10.5 Å². The third-order valence-electron chi connectivity index (χ3n) is 2.82. The number of rotatable bonds is 2. The van der Waals surface area contributed by atoms with Crippen LogP contribution in [0.15, 0.2) is 24.4 Å². The molecular weight excluding hydrogens is 305 g/mol. The second-order valence-corrected chi connectivity index (χ2v) is 5.01. The molecule has 0 saturated heterocycles. The number of aryl methyl sites for hydroxylation is 2. The summed E-state index contributed by atoms with van der Waals surface area (Å²) in [6.07, 6.45) is -3.63. The van der Waals surface area contributed by atoms with Crippen molar-refractivity contribution < 1.29 is 17.9 Å². The normalized spacial score (nSPS) is 11.5. The van der Waals surface area contributed by atoms with E-state index in [1.54, 1.807) is 26.0 Å². The van der Waals surface area contributed by atoms with E-state index in [0.717, 1.165) is 12.3 Å². The number of halogens is 4. The Morgan fingerprint density at radius 3 is 2.24 bits per heavy atom. The van der Waals surface area contributed by atoms with E-state index in [-0.39, 0.29) is 11.4 Å². The van der Waals surface area contributed by atoms with Gasteiger partial charge in [0.1, 0.15) is 11.4 Å². The van der Waals surface area contributed by atoms with Gasteiger partial charge in [0.2, 0.25) is 0 Å². The third-order valence-corrected chi connectivity index (χ3v) is 3.04. The Morgan fingerprint density at radius 1 is 1.14 bits per heavy atom. The standard InChI is InChI=1S/C14H12ClF3N2O/c1-7-3-9(15)4-8(2)13(7)21-11-5-12(14(16,17)18)20-6-10(11)19/h3-6H,19H2,1-2H3. The molecule has 1 heterocycles. The molecule has 112 valence electrons. The second kappa shape index (κ2) is 5.44. The molecule has 0 aliphatic heterocycles. The van der Waals surface area contributed by atoms with Crippen molar-refractivity contribution in [3.63, 3.8) is 0 Å². The molecule has 0 fully saturated rings. The molecule has 2 aromatic rings. The Balaban J connectivity index is 2.45. The molecule has 0 atom stereocenters. The van der Waals surface area contributed by atoms with Gasteiger partial charge in [-0.15, -0.1) is 0 Å². The van der Waals surface area contributed by atoms with Gasteiger partial charge in [-0.05, 0) is 37.1 Å². The van der Waals surface area contributed by atoms with E-state index in [9.17, 15) is 13.2 Å². The van der Waals surface area contributed by atoms with Crippen LogP contribution in [0, 0.1) is 13.8 Å². The predicted molar refractivity (Wildman–Crippen MR) is 74.7 cm³/mol. The first-order chi connectivity index (χ1) is 9.68. The number of alkyl halides is 3. The summed E-state index contributed by atoms with van der Waals surface area (Å²) in [6.45, 7) is 3.49. The van der Waals surface area contributed by atoms with Crippen LogP contribution < -0.4 is 10.5 Å². The molecular formula is C14H12ClF3N2O. The third kappa shape index (κ3) is 3.39. The number of hydrogen-bond acceptors (Lipinski definition) is 3. The molecule has 2 N–H and O–H groups in total. The average molecular weight is 317 g/mol. The average Bonchev–Trinajstić information content (AvgIpc) is 2.34. The highest BCUT2D eigenvalue weighted by molar-refractivity contribution is 6.30. The highest BCUT2D eigenvalue weighted by Crippen LogP contribution is 2.37. The number of nitrogens with zero attached hydrogens (tertiary/aromatic N) is 1. The summed E-state index contributed by atoms with van der Waals surface area (Å²) in [5.74, 6) is 0.330. The zero-order chi connectivity index (χ0) is 15.8. The first-order valence-electron chi connectivity index (χ1n) is 5.96. The minimum atomic E-state index is -4.56. The van der Waals surface area contributed by atoms with Crippen molar-refractivity contribution in [1.82, 2.24) is 4.98 Å². The molecule has 0 spiro atoms. The van der Waals surface area contributed by atoms with E-state index in [1.165, 1.54) is 0 Å². The van der Waals surface area contributed by atoms with Crippen molar-refractivity contribution in [3.8, 4) is 11.5 Å². The van der Waals surface area contributed by atoms with Gasteiger partial charge in [-0.25, -0.2) is 4.98 Å². The zero-order valence-corrected chi connectivity index (χ0v) is 12.0. The highest BCUT2D eigenvalue weighted by atomic mass is 35.5. The summed E-state index contributed by atoms with van der Waals surface area (Å²) < 4.78 is 43.6. The maximum absolute atomic E-state index is 12.7. The van der Waals surface area contributed by atoms with E-state index in [4.69, 9.17) is 22.1 Å². The van der Waals surface area contributed by atoms with Crippen LogP contribution in [-0.2, 0) is 6.18 Å². The van der Waals surface area contributed by atoms with Gasteiger partial charge in [-0.1, -0.05) is 11.6 Å². The van der Waals surface area contributed by atoms with Crippen LogP contribution in [0.2, 0.25) is 5.02 Å². The number of nitrogen functional groups attached to an aromatic ring is 1. The number of anilines is 1. The van der Waals surface area contributed by atoms with Gasteiger partial charge in [0.25, 0.3) is 0 Å². The molecule has 1 aromatic heterocycles. The van der Waals surface area contributed by atoms with Gasteiger partial charge in [-0.3, -0.25) is 0 Å². The monoisotopic (exact) mass is 316 g/mol. The number of ether oxygens (including phenoxy) is 1. The van der Waals surface area contributed by atoms with E-state index >= 15 is 0 Å². The first kappa shape index (κ1) is 15.4. The Bertz CT molecular complexity index is 663. The molecule has 21 heavy (non-hydrogen) atoms. The smallest absolute Gasteiger partial charge is 0.433 e. The summed E-state index contributed by atoms with van der Waals surface area (Å²) in [4.78, 5) is 3.26. The zero-order valence-electron chi connectivity index (χ0n) is 11.3. The lowest BCUT2D eigenvalue weighted by atomic mass is 10.1. The molecule has 2 rings (SSSR count). The lowest BCUT2D eigenvalue weighted by molar-refractivity contribution is -0.141. The van der Waals surface area contributed by atoms with Crippen LogP contribution in [0.25, 0.3) is 0 Å².